The maximum absolute atomic E-state index is 5.65. The lowest BCUT2D eigenvalue weighted by Crippen LogP contribution is -2.08. The Hall–Kier alpha value is -0.870. The quantitative estimate of drug-likeness (QED) is 0.790. The predicted molar refractivity (Wildman–Crippen MR) is 66.6 cm³/mol. The van der Waals surface area contributed by atoms with Gasteiger partial charge in [-0.15, -0.1) is 0 Å². The number of aromatic nitrogens is 2. The summed E-state index contributed by atoms with van der Waals surface area (Å²) >= 11 is 3.46. The summed E-state index contributed by atoms with van der Waals surface area (Å²) in [5.74, 6) is 0. The molecule has 1 unspecified atom stereocenters. The third-order valence-corrected chi connectivity index (χ3v) is 3.64. The summed E-state index contributed by atoms with van der Waals surface area (Å²) in [6.07, 6.45) is 4.25. The van der Waals surface area contributed by atoms with Gasteiger partial charge in [-0.25, -0.2) is 4.68 Å². The minimum absolute atomic E-state index is 0.132. The Morgan fingerprint density at radius 1 is 1.50 bits per heavy atom. The highest BCUT2D eigenvalue weighted by molar-refractivity contribution is 9.08. The van der Waals surface area contributed by atoms with Crippen LogP contribution >= 0.6 is 15.9 Å². The molecule has 0 amide bonds. The average Bonchev–Trinajstić information content (AvgIpc) is 2.96. The number of halogens is 1. The first kappa shape index (κ1) is 10.3. The molecular formula is C12H13BrN2O. The fourth-order valence-corrected chi connectivity index (χ4v) is 2.52. The molecule has 0 saturated carbocycles. The molecule has 1 aromatic heterocycles. The molecule has 4 heteroatoms. The van der Waals surface area contributed by atoms with Gasteiger partial charge in [0, 0.05) is 17.3 Å². The van der Waals surface area contributed by atoms with Crippen LogP contribution in [0, 0.1) is 0 Å². The van der Waals surface area contributed by atoms with Crippen LogP contribution in [0.15, 0.2) is 24.4 Å². The Balaban J connectivity index is 2.06. The SMILES string of the molecule is BrCc1ccc2c(cnn2C2CCCO2)c1. The summed E-state index contributed by atoms with van der Waals surface area (Å²) in [5.41, 5.74) is 2.44. The van der Waals surface area contributed by atoms with Gasteiger partial charge in [-0.1, -0.05) is 22.0 Å². The molecule has 0 N–H and O–H groups in total. The van der Waals surface area contributed by atoms with Crippen molar-refractivity contribution in [1.82, 2.24) is 9.78 Å². The van der Waals surface area contributed by atoms with E-state index < -0.39 is 0 Å². The van der Waals surface area contributed by atoms with E-state index in [1.54, 1.807) is 0 Å². The Morgan fingerprint density at radius 3 is 3.19 bits per heavy atom. The van der Waals surface area contributed by atoms with E-state index in [2.05, 4.69) is 39.2 Å². The fraction of sp³-hybridized carbons (Fsp3) is 0.417. The van der Waals surface area contributed by atoms with Gasteiger partial charge in [-0.05, 0) is 30.5 Å². The third kappa shape index (κ3) is 1.66. The first-order chi connectivity index (χ1) is 7.88. The molecule has 1 aromatic carbocycles. The normalized spacial score (nSPS) is 20.7. The van der Waals surface area contributed by atoms with E-state index in [1.807, 2.05) is 10.9 Å². The number of rotatable bonds is 2. The molecule has 16 heavy (non-hydrogen) atoms. The summed E-state index contributed by atoms with van der Waals surface area (Å²) in [6.45, 7) is 0.853. The zero-order valence-corrected chi connectivity index (χ0v) is 10.5. The van der Waals surface area contributed by atoms with E-state index in [0.717, 1.165) is 30.3 Å². The van der Waals surface area contributed by atoms with Crippen molar-refractivity contribution in [3.63, 3.8) is 0 Å². The highest BCUT2D eigenvalue weighted by Crippen LogP contribution is 2.27. The third-order valence-electron chi connectivity index (χ3n) is 2.99. The first-order valence-corrected chi connectivity index (χ1v) is 6.64. The fourth-order valence-electron chi connectivity index (χ4n) is 2.17. The van der Waals surface area contributed by atoms with Gasteiger partial charge in [-0.2, -0.15) is 5.10 Å². The largest absolute Gasteiger partial charge is 0.356 e. The van der Waals surface area contributed by atoms with Gasteiger partial charge in [0.2, 0.25) is 0 Å². The van der Waals surface area contributed by atoms with Crippen molar-refractivity contribution in [3.05, 3.63) is 30.0 Å². The standard InChI is InChI=1S/C12H13BrN2O/c13-7-9-3-4-11-10(6-9)8-14-15(11)12-2-1-5-16-12/h3-4,6,8,12H,1-2,5,7H2. The molecule has 2 heterocycles. The molecule has 1 fully saturated rings. The molecule has 3 rings (SSSR count). The number of hydrogen-bond acceptors (Lipinski definition) is 2. The lowest BCUT2D eigenvalue weighted by Gasteiger charge is -2.11. The Kier molecular flexibility index (Phi) is 2.69. The molecule has 0 bridgehead atoms. The number of ether oxygens (including phenoxy) is 1. The van der Waals surface area contributed by atoms with Crippen molar-refractivity contribution in [3.8, 4) is 0 Å². The van der Waals surface area contributed by atoms with Crippen LogP contribution in [0.4, 0.5) is 0 Å². The minimum atomic E-state index is 0.132. The lowest BCUT2D eigenvalue weighted by molar-refractivity contribution is 0.0503. The van der Waals surface area contributed by atoms with E-state index in [4.69, 9.17) is 4.74 Å². The van der Waals surface area contributed by atoms with Gasteiger partial charge in [0.15, 0.2) is 6.23 Å². The van der Waals surface area contributed by atoms with Crippen molar-refractivity contribution in [2.24, 2.45) is 0 Å². The number of nitrogens with zero attached hydrogens (tertiary/aromatic N) is 2. The van der Waals surface area contributed by atoms with Crippen molar-refractivity contribution in [1.29, 1.82) is 0 Å². The molecule has 3 nitrogen and oxygen atoms in total. The Labute approximate surface area is 103 Å². The molecule has 0 aliphatic carbocycles. The smallest absolute Gasteiger partial charge is 0.150 e. The average molecular weight is 281 g/mol. The Morgan fingerprint density at radius 2 is 2.44 bits per heavy atom. The Bertz CT molecular complexity index is 503. The molecule has 1 saturated heterocycles. The topological polar surface area (TPSA) is 27.1 Å². The van der Waals surface area contributed by atoms with Gasteiger partial charge in [-0.3, -0.25) is 0 Å². The molecule has 0 spiro atoms. The highest BCUT2D eigenvalue weighted by atomic mass is 79.9. The number of fused-ring (bicyclic) bond motifs is 1. The predicted octanol–water partition coefficient (Wildman–Crippen LogP) is 3.24. The summed E-state index contributed by atoms with van der Waals surface area (Å²) < 4.78 is 7.65. The van der Waals surface area contributed by atoms with Gasteiger partial charge in [0.05, 0.1) is 11.7 Å². The van der Waals surface area contributed by atoms with Crippen molar-refractivity contribution in [2.75, 3.05) is 6.61 Å². The van der Waals surface area contributed by atoms with Crippen LogP contribution in [0.5, 0.6) is 0 Å². The van der Waals surface area contributed by atoms with Crippen molar-refractivity contribution >= 4 is 26.8 Å². The second-order valence-electron chi connectivity index (χ2n) is 4.08. The molecular weight excluding hydrogens is 268 g/mol. The monoisotopic (exact) mass is 280 g/mol. The van der Waals surface area contributed by atoms with Crippen LogP contribution < -0.4 is 0 Å². The van der Waals surface area contributed by atoms with Gasteiger partial charge < -0.3 is 4.74 Å². The van der Waals surface area contributed by atoms with Crippen LogP contribution in [0.25, 0.3) is 10.9 Å². The van der Waals surface area contributed by atoms with Crippen molar-refractivity contribution in [2.45, 2.75) is 24.4 Å². The van der Waals surface area contributed by atoms with Crippen LogP contribution in [0.3, 0.4) is 0 Å². The van der Waals surface area contributed by atoms with E-state index in [-0.39, 0.29) is 6.23 Å². The van der Waals surface area contributed by atoms with E-state index in [0.29, 0.717) is 0 Å². The lowest BCUT2D eigenvalue weighted by atomic mass is 10.2. The zero-order chi connectivity index (χ0) is 11.0. The van der Waals surface area contributed by atoms with E-state index in [9.17, 15) is 0 Å². The highest BCUT2D eigenvalue weighted by Gasteiger charge is 2.19. The molecule has 2 aromatic rings. The molecule has 1 aliphatic heterocycles. The second-order valence-corrected chi connectivity index (χ2v) is 4.64. The summed E-state index contributed by atoms with van der Waals surface area (Å²) in [4.78, 5) is 0. The first-order valence-electron chi connectivity index (χ1n) is 5.52. The van der Waals surface area contributed by atoms with Gasteiger partial charge >= 0.3 is 0 Å². The summed E-state index contributed by atoms with van der Waals surface area (Å²) in [7, 11) is 0. The molecule has 84 valence electrons. The van der Waals surface area contributed by atoms with Crippen LogP contribution in [0.2, 0.25) is 0 Å². The maximum Gasteiger partial charge on any atom is 0.150 e. The van der Waals surface area contributed by atoms with Crippen molar-refractivity contribution < 1.29 is 4.74 Å². The van der Waals surface area contributed by atoms with Crippen LogP contribution in [-0.4, -0.2) is 16.4 Å². The minimum Gasteiger partial charge on any atom is -0.356 e. The van der Waals surface area contributed by atoms with E-state index >= 15 is 0 Å². The van der Waals surface area contributed by atoms with Crippen LogP contribution in [0.1, 0.15) is 24.6 Å². The van der Waals surface area contributed by atoms with Gasteiger partial charge in [0.25, 0.3) is 0 Å². The number of benzene rings is 1. The summed E-state index contributed by atoms with van der Waals surface area (Å²) in [5, 5.41) is 6.50. The number of hydrogen-bond donors (Lipinski definition) is 0. The van der Waals surface area contributed by atoms with Crippen LogP contribution in [-0.2, 0) is 10.1 Å². The number of alkyl halides is 1. The molecule has 1 aliphatic rings. The summed E-state index contributed by atoms with van der Waals surface area (Å²) in [6, 6.07) is 6.42. The molecule has 1 atom stereocenters. The maximum atomic E-state index is 5.65. The second kappa shape index (κ2) is 4.18. The van der Waals surface area contributed by atoms with E-state index in [1.165, 1.54) is 10.9 Å². The molecule has 0 radical (unpaired) electrons. The zero-order valence-electron chi connectivity index (χ0n) is 8.90. The van der Waals surface area contributed by atoms with Gasteiger partial charge in [0.1, 0.15) is 0 Å².